The molecule has 0 rings (SSSR count). The highest BCUT2D eigenvalue weighted by atomic mass is 16.6. The Morgan fingerprint density at radius 2 is 1.88 bits per heavy atom. The molecule has 0 aliphatic heterocycles. The lowest BCUT2D eigenvalue weighted by Gasteiger charge is -2.29. The highest BCUT2D eigenvalue weighted by Gasteiger charge is 2.20. The molecule has 0 aromatic heterocycles. The third kappa shape index (κ3) is 6.12. The van der Waals surface area contributed by atoms with Crippen LogP contribution >= 0.6 is 0 Å². The van der Waals surface area contributed by atoms with Gasteiger partial charge in [-0.05, 0) is 39.3 Å². The number of ether oxygens (including phenoxy) is 1. The van der Waals surface area contributed by atoms with Crippen LogP contribution < -0.4 is 0 Å². The summed E-state index contributed by atoms with van der Waals surface area (Å²) in [6, 6.07) is 0.220. The summed E-state index contributed by atoms with van der Waals surface area (Å²) in [6.07, 6.45) is 2.98. The van der Waals surface area contributed by atoms with Crippen molar-refractivity contribution in [2.75, 3.05) is 13.2 Å². The van der Waals surface area contributed by atoms with Crippen LogP contribution in [0.15, 0.2) is 24.3 Å². The Labute approximate surface area is 104 Å². The van der Waals surface area contributed by atoms with Gasteiger partial charge in [-0.3, -0.25) is 0 Å². The van der Waals surface area contributed by atoms with Crippen LogP contribution in [-0.2, 0) is 4.74 Å². The van der Waals surface area contributed by atoms with E-state index in [4.69, 9.17) is 9.84 Å². The van der Waals surface area contributed by atoms with Crippen molar-refractivity contribution in [3.8, 4) is 0 Å². The van der Waals surface area contributed by atoms with Crippen LogP contribution in [0.25, 0.3) is 0 Å². The van der Waals surface area contributed by atoms with E-state index in [1.165, 1.54) is 0 Å². The van der Waals surface area contributed by atoms with Crippen molar-refractivity contribution >= 4 is 6.09 Å². The van der Waals surface area contributed by atoms with Gasteiger partial charge < -0.3 is 14.7 Å². The van der Waals surface area contributed by atoms with E-state index >= 15 is 0 Å². The van der Waals surface area contributed by atoms with Gasteiger partial charge in [0.2, 0.25) is 0 Å². The fraction of sp³-hybridized carbons (Fsp3) is 0.615. The number of aliphatic hydroxyl groups excluding tert-OH is 1. The molecule has 4 nitrogen and oxygen atoms in total. The van der Waals surface area contributed by atoms with Gasteiger partial charge in [-0.1, -0.05) is 12.7 Å². The molecule has 0 unspecified atom stereocenters. The standard InChI is InChI=1S/C13H23NO3/c1-10(2)14(11(3)4)13(16)17-8-6-7-12(5)9-15/h6-7,10-11,15H,5,8-9H2,1-4H3/b7-6+. The molecule has 0 aromatic rings. The van der Waals surface area contributed by atoms with Crippen molar-refractivity contribution in [2.45, 2.75) is 39.8 Å². The smallest absolute Gasteiger partial charge is 0.410 e. The van der Waals surface area contributed by atoms with E-state index in [1.54, 1.807) is 17.1 Å². The summed E-state index contributed by atoms with van der Waals surface area (Å²) in [4.78, 5) is 13.4. The lowest BCUT2D eigenvalue weighted by atomic mass is 10.2. The van der Waals surface area contributed by atoms with Crippen LogP contribution in [0.5, 0.6) is 0 Å². The first-order valence-electron chi connectivity index (χ1n) is 5.80. The van der Waals surface area contributed by atoms with E-state index < -0.39 is 0 Å². The predicted molar refractivity (Wildman–Crippen MR) is 68.8 cm³/mol. The topological polar surface area (TPSA) is 49.8 Å². The van der Waals surface area contributed by atoms with Crippen molar-refractivity contribution in [1.82, 2.24) is 4.90 Å². The van der Waals surface area contributed by atoms with Crippen molar-refractivity contribution in [3.63, 3.8) is 0 Å². The Bertz CT molecular complexity index is 274. The Hall–Kier alpha value is -1.29. The number of nitrogens with zero attached hydrogens (tertiary/aromatic N) is 1. The van der Waals surface area contributed by atoms with E-state index in [-0.39, 0.29) is 31.4 Å². The maximum Gasteiger partial charge on any atom is 0.410 e. The molecule has 17 heavy (non-hydrogen) atoms. The highest BCUT2D eigenvalue weighted by molar-refractivity contribution is 5.68. The Morgan fingerprint density at radius 1 is 1.35 bits per heavy atom. The lowest BCUT2D eigenvalue weighted by Crippen LogP contribution is -2.42. The second-order valence-corrected chi connectivity index (χ2v) is 4.39. The first-order chi connectivity index (χ1) is 7.90. The zero-order valence-electron chi connectivity index (χ0n) is 11.1. The number of rotatable bonds is 6. The van der Waals surface area contributed by atoms with Crippen LogP contribution in [0.3, 0.4) is 0 Å². The SMILES string of the molecule is C=C(/C=C/COC(=O)N(C(C)C)C(C)C)CO. The summed E-state index contributed by atoms with van der Waals surface area (Å²) < 4.78 is 5.10. The number of hydrogen-bond donors (Lipinski definition) is 1. The summed E-state index contributed by atoms with van der Waals surface area (Å²) >= 11 is 0. The van der Waals surface area contributed by atoms with Gasteiger partial charge in [-0.15, -0.1) is 0 Å². The number of carbonyl (C=O) groups is 1. The minimum Gasteiger partial charge on any atom is -0.445 e. The fourth-order valence-electron chi connectivity index (χ4n) is 1.48. The average Bonchev–Trinajstić information content (AvgIpc) is 2.22. The van der Waals surface area contributed by atoms with Gasteiger partial charge >= 0.3 is 6.09 Å². The van der Waals surface area contributed by atoms with Crippen LogP contribution in [0.2, 0.25) is 0 Å². The summed E-state index contributed by atoms with van der Waals surface area (Å²) in [7, 11) is 0. The van der Waals surface area contributed by atoms with Crippen molar-refractivity contribution in [3.05, 3.63) is 24.3 Å². The van der Waals surface area contributed by atoms with Gasteiger partial charge in [0.25, 0.3) is 0 Å². The third-order valence-electron chi connectivity index (χ3n) is 2.18. The zero-order chi connectivity index (χ0) is 13.4. The maximum atomic E-state index is 11.7. The highest BCUT2D eigenvalue weighted by Crippen LogP contribution is 2.07. The van der Waals surface area contributed by atoms with E-state index in [2.05, 4.69) is 6.58 Å². The van der Waals surface area contributed by atoms with Gasteiger partial charge in [-0.25, -0.2) is 4.79 Å². The summed E-state index contributed by atoms with van der Waals surface area (Å²) in [5.41, 5.74) is 0.589. The van der Waals surface area contributed by atoms with E-state index in [1.807, 2.05) is 27.7 Å². The van der Waals surface area contributed by atoms with Crippen LogP contribution in [0.1, 0.15) is 27.7 Å². The predicted octanol–water partition coefficient (Wildman–Crippen LogP) is 2.35. The minimum atomic E-state index is -0.325. The monoisotopic (exact) mass is 241 g/mol. The molecule has 1 N–H and O–H groups in total. The minimum absolute atomic E-state index is 0.0887. The maximum absolute atomic E-state index is 11.7. The zero-order valence-corrected chi connectivity index (χ0v) is 11.1. The van der Waals surface area contributed by atoms with Gasteiger partial charge in [0.1, 0.15) is 6.61 Å². The molecule has 0 fully saturated rings. The van der Waals surface area contributed by atoms with Crippen molar-refractivity contribution in [2.24, 2.45) is 0 Å². The fourth-order valence-corrected chi connectivity index (χ4v) is 1.48. The Kier molecular flexibility index (Phi) is 7.30. The molecule has 0 atom stereocenters. The summed E-state index contributed by atoms with van der Waals surface area (Å²) in [5.74, 6) is 0. The third-order valence-corrected chi connectivity index (χ3v) is 2.18. The molecule has 4 heteroatoms. The van der Waals surface area contributed by atoms with Crippen molar-refractivity contribution < 1.29 is 14.6 Å². The first-order valence-corrected chi connectivity index (χ1v) is 5.80. The molecule has 0 heterocycles. The number of carbonyl (C=O) groups excluding carboxylic acids is 1. The van der Waals surface area contributed by atoms with E-state index in [0.29, 0.717) is 5.57 Å². The van der Waals surface area contributed by atoms with Crippen molar-refractivity contribution in [1.29, 1.82) is 0 Å². The summed E-state index contributed by atoms with van der Waals surface area (Å²) in [5, 5.41) is 8.71. The van der Waals surface area contributed by atoms with Gasteiger partial charge in [0, 0.05) is 12.1 Å². The molecule has 0 saturated carbocycles. The lowest BCUT2D eigenvalue weighted by molar-refractivity contribution is 0.0875. The first kappa shape index (κ1) is 15.7. The van der Waals surface area contributed by atoms with Gasteiger partial charge in [0.15, 0.2) is 0 Å². The van der Waals surface area contributed by atoms with Crippen LogP contribution in [0, 0.1) is 0 Å². The molecule has 0 bridgehead atoms. The van der Waals surface area contributed by atoms with E-state index in [9.17, 15) is 4.79 Å². The van der Waals surface area contributed by atoms with Crippen LogP contribution in [0.4, 0.5) is 4.79 Å². The van der Waals surface area contributed by atoms with E-state index in [0.717, 1.165) is 0 Å². The van der Waals surface area contributed by atoms with Gasteiger partial charge in [-0.2, -0.15) is 0 Å². The Morgan fingerprint density at radius 3 is 2.29 bits per heavy atom. The van der Waals surface area contributed by atoms with Crippen LogP contribution in [-0.4, -0.2) is 41.4 Å². The second-order valence-electron chi connectivity index (χ2n) is 4.39. The molecular formula is C13H23NO3. The normalized spacial score (nSPS) is 11.2. The molecule has 0 saturated heterocycles. The molecule has 1 amide bonds. The largest absolute Gasteiger partial charge is 0.445 e. The number of hydrogen-bond acceptors (Lipinski definition) is 3. The number of amides is 1. The second kappa shape index (κ2) is 7.90. The molecule has 0 spiro atoms. The average molecular weight is 241 g/mol. The molecule has 98 valence electrons. The molecule has 0 radical (unpaired) electrons. The number of aliphatic hydroxyl groups is 1. The molecule has 0 aliphatic rings. The summed E-state index contributed by atoms with van der Waals surface area (Å²) in [6.45, 7) is 11.5. The molecular weight excluding hydrogens is 218 g/mol. The van der Waals surface area contributed by atoms with Gasteiger partial charge in [0.05, 0.1) is 6.61 Å². The Balaban J connectivity index is 4.16. The quantitative estimate of drug-likeness (QED) is 0.726. The molecule has 0 aromatic carbocycles. The molecule has 0 aliphatic carbocycles.